The Morgan fingerprint density at radius 1 is 1.00 bits per heavy atom. The largest absolute Gasteiger partial charge is 0.497 e. The minimum absolute atomic E-state index is 0.0752. The van der Waals surface area contributed by atoms with E-state index in [9.17, 15) is 19.2 Å². The molecule has 0 saturated carbocycles. The summed E-state index contributed by atoms with van der Waals surface area (Å²) in [7, 11) is 4.42. The maximum atomic E-state index is 12.5. The van der Waals surface area contributed by atoms with Gasteiger partial charge in [-0.05, 0) is 30.3 Å². The summed E-state index contributed by atoms with van der Waals surface area (Å²) in [5.74, 6) is -1.69. The minimum atomic E-state index is -0.817. The summed E-state index contributed by atoms with van der Waals surface area (Å²) >= 11 is 0. The van der Waals surface area contributed by atoms with E-state index in [0.29, 0.717) is 22.9 Å². The molecular formula is C23H25N3O8. The molecule has 3 rings (SSSR count). The third-order valence-electron chi connectivity index (χ3n) is 5.04. The van der Waals surface area contributed by atoms with E-state index < -0.39 is 36.2 Å². The van der Waals surface area contributed by atoms with E-state index in [0.717, 1.165) is 5.01 Å². The molecule has 180 valence electrons. The first-order valence-electron chi connectivity index (χ1n) is 10.3. The number of rotatable bonds is 9. The lowest BCUT2D eigenvalue weighted by Gasteiger charge is -2.18. The van der Waals surface area contributed by atoms with Gasteiger partial charge in [0.15, 0.2) is 18.1 Å². The first kappa shape index (κ1) is 24.4. The molecule has 0 unspecified atom stereocenters. The van der Waals surface area contributed by atoms with E-state index in [2.05, 4.69) is 10.7 Å². The van der Waals surface area contributed by atoms with Crippen molar-refractivity contribution in [3.8, 4) is 17.2 Å². The molecule has 1 aliphatic rings. The molecule has 0 bridgehead atoms. The normalized spacial score (nSPS) is 14.9. The summed E-state index contributed by atoms with van der Waals surface area (Å²) in [4.78, 5) is 49.3. The van der Waals surface area contributed by atoms with E-state index in [1.807, 2.05) is 0 Å². The fraction of sp³-hybridized carbons (Fsp3) is 0.304. The predicted octanol–water partition coefficient (Wildman–Crippen LogP) is 1.39. The first-order chi connectivity index (χ1) is 16.3. The van der Waals surface area contributed by atoms with Gasteiger partial charge in [-0.15, -0.1) is 0 Å². The Kier molecular flexibility index (Phi) is 7.91. The zero-order valence-electron chi connectivity index (χ0n) is 19.0. The first-order valence-corrected chi connectivity index (χ1v) is 10.3. The Morgan fingerprint density at radius 3 is 2.47 bits per heavy atom. The van der Waals surface area contributed by atoms with Crippen molar-refractivity contribution in [2.75, 3.05) is 39.8 Å². The summed E-state index contributed by atoms with van der Waals surface area (Å²) in [5.41, 5.74) is 3.20. The number of hydrogen-bond donors (Lipinski definition) is 2. The van der Waals surface area contributed by atoms with Crippen LogP contribution < -0.4 is 25.0 Å². The van der Waals surface area contributed by atoms with Crippen molar-refractivity contribution in [3.05, 3.63) is 48.0 Å². The summed E-state index contributed by atoms with van der Waals surface area (Å²) in [6, 6.07) is 11.3. The SMILES string of the molecule is COc1cccc(NC(=O)COC(=O)[C@@H]2CC(=O)N(NC(=O)c3ccc(OC)c(OC)c3)C2)c1. The molecule has 1 fully saturated rings. The Hall–Kier alpha value is -4.28. The van der Waals surface area contributed by atoms with Gasteiger partial charge in [0.25, 0.3) is 11.8 Å². The van der Waals surface area contributed by atoms with Crippen molar-refractivity contribution in [2.45, 2.75) is 6.42 Å². The highest BCUT2D eigenvalue weighted by Gasteiger charge is 2.36. The molecule has 2 N–H and O–H groups in total. The number of amides is 3. The van der Waals surface area contributed by atoms with Crippen molar-refractivity contribution in [3.63, 3.8) is 0 Å². The Labute approximate surface area is 195 Å². The molecular weight excluding hydrogens is 446 g/mol. The van der Waals surface area contributed by atoms with Crippen molar-refractivity contribution in [1.29, 1.82) is 0 Å². The van der Waals surface area contributed by atoms with Crippen LogP contribution in [0.5, 0.6) is 17.2 Å². The van der Waals surface area contributed by atoms with Gasteiger partial charge in [-0.25, -0.2) is 0 Å². The molecule has 1 aliphatic heterocycles. The van der Waals surface area contributed by atoms with Gasteiger partial charge in [0.1, 0.15) is 5.75 Å². The van der Waals surface area contributed by atoms with E-state index in [1.165, 1.54) is 33.5 Å². The quantitative estimate of drug-likeness (QED) is 0.525. The van der Waals surface area contributed by atoms with Gasteiger partial charge in [-0.2, -0.15) is 0 Å². The molecule has 11 nitrogen and oxygen atoms in total. The number of ether oxygens (including phenoxy) is 4. The molecule has 11 heteroatoms. The second-order valence-electron chi connectivity index (χ2n) is 7.30. The van der Waals surface area contributed by atoms with Crippen LogP contribution in [0.25, 0.3) is 0 Å². The molecule has 0 aliphatic carbocycles. The summed E-state index contributed by atoms with van der Waals surface area (Å²) in [6.45, 7) is -0.590. The van der Waals surface area contributed by atoms with Gasteiger partial charge in [-0.3, -0.25) is 29.6 Å². The molecule has 1 heterocycles. The van der Waals surface area contributed by atoms with Gasteiger partial charge < -0.3 is 24.3 Å². The minimum Gasteiger partial charge on any atom is -0.497 e. The number of carbonyl (C=O) groups excluding carboxylic acids is 4. The van der Waals surface area contributed by atoms with Crippen LogP contribution in [-0.2, 0) is 19.1 Å². The van der Waals surface area contributed by atoms with Crippen LogP contribution >= 0.6 is 0 Å². The van der Waals surface area contributed by atoms with Crippen LogP contribution in [0.2, 0.25) is 0 Å². The summed E-state index contributed by atoms with van der Waals surface area (Å²) in [6.07, 6.45) is -0.150. The Balaban J connectivity index is 1.51. The number of methoxy groups -OCH3 is 3. The highest BCUT2D eigenvalue weighted by molar-refractivity contribution is 5.97. The molecule has 0 radical (unpaired) electrons. The van der Waals surface area contributed by atoms with Gasteiger partial charge in [-0.1, -0.05) is 6.07 Å². The van der Waals surface area contributed by atoms with Crippen molar-refractivity contribution >= 4 is 29.4 Å². The molecule has 3 amide bonds. The second-order valence-corrected chi connectivity index (χ2v) is 7.30. The standard InChI is InChI=1S/C23H25N3O8/c1-31-17-6-4-5-16(11-17)24-20(27)13-34-23(30)15-10-21(28)26(12-15)25-22(29)14-7-8-18(32-2)19(9-14)33-3/h4-9,11,15H,10,12-13H2,1-3H3,(H,24,27)(H,25,29)/t15-/m1/s1. The van der Waals surface area contributed by atoms with Gasteiger partial charge in [0.2, 0.25) is 5.91 Å². The van der Waals surface area contributed by atoms with Crippen LogP contribution in [0, 0.1) is 5.92 Å². The lowest BCUT2D eigenvalue weighted by atomic mass is 10.1. The highest BCUT2D eigenvalue weighted by Crippen LogP contribution is 2.27. The number of anilines is 1. The zero-order chi connectivity index (χ0) is 24.7. The molecule has 2 aromatic carbocycles. The van der Waals surface area contributed by atoms with Crippen LogP contribution in [-0.4, -0.2) is 63.2 Å². The molecule has 1 atom stereocenters. The zero-order valence-corrected chi connectivity index (χ0v) is 19.0. The van der Waals surface area contributed by atoms with Gasteiger partial charge >= 0.3 is 5.97 Å². The number of esters is 1. The average molecular weight is 471 g/mol. The number of carbonyl (C=O) groups is 4. The van der Waals surface area contributed by atoms with Crippen LogP contribution in [0.15, 0.2) is 42.5 Å². The fourth-order valence-corrected chi connectivity index (χ4v) is 3.29. The topological polar surface area (TPSA) is 132 Å². The van der Waals surface area contributed by atoms with Crippen molar-refractivity contribution in [1.82, 2.24) is 10.4 Å². The van der Waals surface area contributed by atoms with Crippen LogP contribution in [0.4, 0.5) is 5.69 Å². The molecule has 1 saturated heterocycles. The van der Waals surface area contributed by atoms with Crippen molar-refractivity contribution in [2.24, 2.45) is 5.92 Å². The maximum absolute atomic E-state index is 12.5. The second kappa shape index (κ2) is 11.0. The average Bonchev–Trinajstić information content (AvgIpc) is 3.22. The number of hydrazine groups is 1. The summed E-state index contributed by atoms with van der Waals surface area (Å²) < 4.78 is 20.5. The van der Waals surface area contributed by atoms with E-state index in [1.54, 1.807) is 30.3 Å². The monoisotopic (exact) mass is 471 g/mol. The van der Waals surface area contributed by atoms with Crippen LogP contribution in [0.3, 0.4) is 0 Å². The van der Waals surface area contributed by atoms with Crippen molar-refractivity contribution < 1.29 is 38.1 Å². The van der Waals surface area contributed by atoms with E-state index in [4.69, 9.17) is 18.9 Å². The highest BCUT2D eigenvalue weighted by atomic mass is 16.5. The summed E-state index contributed by atoms with van der Waals surface area (Å²) in [5, 5.41) is 3.65. The Bertz CT molecular complexity index is 1090. The fourth-order valence-electron chi connectivity index (χ4n) is 3.29. The lowest BCUT2D eigenvalue weighted by Crippen LogP contribution is -2.43. The van der Waals surface area contributed by atoms with Crippen LogP contribution in [0.1, 0.15) is 16.8 Å². The molecule has 0 aromatic heterocycles. The number of nitrogens with one attached hydrogen (secondary N) is 2. The lowest BCUT2D eigenvalue weighted by molar-refractivity contribution is -0.151. The van der Waals surface area contributed by atoms with Gasteiger partial charge in [0, 0.05) is 23.7 Å². The third kappa shape index (κ3) is 5.94. The Morgan fingerprint density at radius 2 is 1.76 bits per heavy atom. The maximum Gasteiger partial charge on any atom is 0.311 e. The van der Waals surface area contributed by atoms with E-state index >= 15 is 0 Å². The number of benzene rings is 2. The predicted molar refractivity (Wildman–Crippen MR) is 119 cm³/mol. The number of nitrogens with zero attached hydrogens (tertiary/aromatic N) is 1. The molecule has 34 heavy (non-hydrogen) atoms. The smallest absolute Gasteiger partial charge is 0.311 e. The number of hydrogen-bond acceptors (Lipinski definition) is 8. The molecule has 0 spiro atoms. The van der Waals surface area contributed by atoms with Gasteiger partial charge in [0.05, 0.1) is 33.8 Å². The van der Waals surface area contributed by atoms with E-state index in [-0.39, 0.29) is 18.5 Å². The third-order valence-corrected chi connectivity index (χ3v) is 5.04. The molecule has 2 aromatic rings.